The van der Waals surface area contributed by atoms with Crippen molar-refractivity contribution >= 4 is 11.8 Å². The fourth-order valence-electron chi connectivity index (χ4n) is 2.93. The summed E-state index contributed by atoms with van der Waals surface area (Å²) in [4.78, 5) is 27.3. The van der Waals surface area contributed by atoms with Crippen molar-refractivity contribution in [3.05, 3.63) is 71.8 Å². The summed E-state index contributed by atoms with van der Waals surface area (Å²) in [7, 11) is 1.59. The van der Waals surface area contributed by atoms with E-state index in [1.807, 2.05) is 67.6 Å². The number of benzene rings is 2. The highest BCUT2D eigenvalue weighted by Gasteiger charge is 2.29. The van der Waals surface area contributed by atoms with Crippen LogP contribution in [0.1, 0.15) is 24.5 Å². The van der Waals surface area contributed by atoms with E-state index in [0.29, 0.717) is 32.5 Å². The molecule has 0 aliphatic heterocycles. The molecule has 0 heterocycles. The monoisotopic (exact) mass is 368 g/mol. The molecule has 0 aliphatic rings. The lowest BCUT2D eigenvalue weighted by Crippen LogP contribution is -2.50. The second-order valence-electron chi connectivity index (χ2n) is 6.35. The van der Waals surface area contributed by atoms with E-state index in [0.717, 1.165) is 11.1 Å². The highest BCUT2D eigenvalue weighted by atomic mass is 16.5. The van der Waals surface area contributed by atoms with Crippen LogP contribution in [-0.4, -0.2) is 43.0 Å². The van der Waals surface area contributed by atoms with Gasteiger partial charge in [0.05, 0.1) is 6.61 Å². The molecule has 0 saturated heterocycles. The lowest BCUT2D eigenvalue weighted by atomic mass is 10.0. The van der Waals surface area contributed by atoms with Crippen molar-refractivity contribution in [3.63, 3.8) is 0 Å². The van der Waals surface area contributed by atoms with Crippen LogP contribution in [0.3, 0.4) is 0 Å². The number of nitrogens with zero attached hydrogens (tertiary/aromatic N) is 1. The molecule has 5 nitrogen and oxygen atoms in total. The zero-order valence-electron chi connectivity index (χ0n) is 16.1. The summed E-state index contributed by atoms with van der Waals surface area (Å²) in [5.74, 6) is -0.199. The van der Waals surface area contributed by atoms with E-state index < -0.39 is 6.04 Å². The normalized spacial score (nSPS) is 11.6. The third-order valence-electron chi connectivity index (χ3n) is 4.37. The second-order valence-corrected chi connectivity index (χ2v) is 6.35. The minimum atomic E-state index is -0.572. The first-order valence-corrected chi connectivity index (χ1v) is 9.29. The van der Waals surface area contributed by atoms with Gasteiger partial charge in [-0.25, -0.2) is 0 Å². The Morgan fingerprint density at radius 1 is 1.00 bits per heavy atom. The number of methoxy groups -OCH3 is 1. The van der Waals surface area contributed by atoms with Crippen LogP contribution in [0.25, 0.3) is 0 Å². The van der Waals surface area contributed by atoms with Gasteiger partial charge in [-0.15, -0.1) is 0 Å². The molecule has 2 aromatic rings. The first kappa shape index (κ1) is 20.6. The minimum Gasteiger partial charge on any atom is -0.383 e. The first-order chi connectivity index (χ1) is 13.2. The van der Waals surface area contributed by atoms with Gasteiger partial charge >= 0.3 is 0 Å². The summed E-state index contributed by atoms with van der Waals surface area (Å²) < 4.78 is 5.02. The smallest absolute Gasteiger partial charge is 0.243 e. The van der Waals surface area contributed by atoms with Crippen LogP contribution in [0.2, 0.25) is 0 Å². The van der Waals surface area contributed by atoms with Crippen LogP contribution in [0.15, 0.2) is 60.7 Å². The van der Waals surface area contributed by atoms with Gasteiger partial charge in [0.15, 0.2) is 0 Å². The van der Waals surface area contributed by atoms with E-state index in [1.54, 1.807) is 12.0 Å². The quantitative estimate of drug-likeness (QED) is 0.656. The Morgan fingerprint density at radius 2 is 1.59 bits per heavy atom. The van der Waals surface area contributed by atoms with E-state index >= 15 is 0 Å². The van der Waals surface area contributed by atoms with Crippen LogP contribution in [0.5, 0.6) is 0 Å². The van der Waals surface area contributed by atoms with Crippen molar-refractivity contribution in [2.45, 2.75) is 32.4 Å². The van der Waals surface area contributed by atoms with Crippen LogP contribution in [0.4, 0.5) is 0 Å². The molecule has 0 spiro atoms. The summed E-state index contributed by atoms with van der Waals surface area (Å²) in [6.07, 6.45) is 0.821. The summed E-state index contributed by atoms with van der Waals surface area (Å²) in [5, 5.41) is 2.89. The Hall–Kier alpha value is -2.66. The van der Waals surface area contributed by atoms with Crippen molar-refractivity contribution in [2.75, 3.05) is 20.3 Å². The summed E-state index contributed by atoms with van der Waals surface area (Å²) in [5.41, 5.74) is 2.02. The van der Waals surface area contributed by atoms with E-state index in [2.05, 4.69) is 5.32 Å². The molecular formula is C22H28N2O3. The summed E-state index contributed by atoms with van der Waals surface area (Å²) in [6.45, 7) is 3.08. The molecule has 2 aromatic carbocycles. The van der Waals surface area contributed by atoms with E-state index in [1.165, 1.54) is 0 Å². The molecule has 144 valence electrons. The van der Waals surface area contributed by atoms with Gasteiger partial charge in [-0.1, -0.05) is 67.6 Å². The Bertz CT molecular complexity index is 704. The van der Waals surface area contributed by atoms with Gasteiger partial charge < -0.3 is 15.0 Å². The molecule has 0 bridgehead atoms. The number of rotatable bonds is 10. The molecule has 0 fully saturated rings. The molecule has 2 rings (SSSR count). The maximum atomic E-state index is 12.9. The molecule has 1 N–H and O–H groups in total. The number of carbonyl (C=O) groups excluding carboxylic acids is 2. The summed E-state index contributed by atoms with van der Waals surface area (Å²) >= 11 is 0. The van der Waals surface area contributed by atoms with Crippen molar-refractivity contribution in [1.29, 1.82) is 0 Å². The van der Waals surface area contributed by atoms with Gasteiger partial charge in [-0.3, -0.25) is 9.59 Å². The predicted molar refractivity (Wildman–Crippen MR) is 106 cm³/mol. The van der Waals surface area contributed by atoms with Crippen molar-refractivity contribution in [1.82, 2.24) is 10.2 Å². The van der Waals surface area contributed by atoms with E-state index in [-0.39, 0.29) is 11.8 Å². The van der Waals surface area contributed by atoms with Gasteiger partial charge in [-0.2, -0.15) is 0 Å². The Balaban J connectivity index is 2.26. The molecule has 27 heavy (non-hydrogen) atoms. The summed E-state index contributed by atoms with van der Waals surface area (Å²) in [6, 6.07) is 19.0. The fraction of sp³-hybridized carbons (Fsp3) is 0.364. The van der Waals surface area contributed by atoms with Gasteiger partial charge in [0, 0.05) is 33.0 Å². The Kier molecular flexibility index (Phi) is 8.52. The third kappa shape index (κ3) is 6.53. The topological polar surface area (TPSA) is 58.6 Å². The number of hydrogen-bond donors (Lipinski definition) is 1. The van der Waals surface area contributed by atoms with Crippen LogP contribution >= 0.6 is 0 Å². The molecule has 0 unspecified atom stereocenters. The maximum Gasteiger partial charge on any atom is 0.243 e. The molecule has 2 amide bonds. The zero-order valence-corrected chi connectivity index (χ0v) is 16.1. The standard InChI is InChI=1S/C22H28N2O3/c1-3-21(25)24(17-19-12-8-5-9-13-19)20(22(26)23-14-15-27-2)16-18-10-6-4-7-11-18/h4-13,20H,3,14-17H2,1-2H3,(H,23,26)/t20-/m1/s1. The molecule has 0 saturated carbocycles. The van der Waals surface area contributed by atoms with E-state index in [9.17, 15) is 9.59 Å². The zero-order chi connectivity index (χ0) is 19.5. The molecule has 1 atom stereocenters. The van der Waals surface area contributed by atoms with E-state index in [4.69, 9.17) is 4.74 Å². The third-order valence-corrected chi connectivity index (χ3v) is 4.37. The van der Waals surface area contributed by atoms with Crippen LogP contribution < -0.4 is 5.32 Å². The number of amides is 2. The average Bonchev–Trinajstić information content (AvgIpc) is 2.71. The second kappa shape index (κ2) is 11.1. The van der Waals surface area contributed by atoms with Gasteiger partial charge in [0.25, 0.3) is 0 Å². The first-order valence-electron chi connectivity index (χ1n) is 9.29. The van der Waals surface area contributed by atoms with Crippen LogP contribution in [0, 0.1) is 0 Å². The lowest BCUT2D eigenvalue weighted by Gasteiger charge is -2.31. The van der Waals surface area contributed by atoms with Gasteiger partial charge in [-0.05, 0) is 11.1 Å². The Labute approximate surface area is 161 Å². The Morgan fingerprint density at radius 3 is 2.15 bits per heavy atom. The number of hydrogen-bond acceptors (Lipinski definition) is 3. The minimum absolute atomic E-state index is 0.0401. The van der Waals surface area contributed by atoms with Gasteiger partial charge in [0.1, 0.15) is 6.04 Å². The molecule has 5 heteroatoms. The number of nitrogens with one attached hydrogen (secondary N) is 1. The maximum absolute atomic E-state index is 12.9. The average molecular weight is 368 g/mol. The molecule has 0 aromatic heterocycles. The largest absolute Gasteiger partial charge is 0.383 e. The predicted octanol–water partition coefficient (Wildman–Crippen LogP) is 2.80. The molecular weight excluding hydrogens is 340 g/mol. The number of carbonyl (C=O) groups is 2. The highest BCUT2D eigenvalue weighted by Crippen LogP contribution is 2.15. The SMILES string of the molecule is CCC(=O)N(Cc1ccccc1)[C@H](Cc1ccccc1)C(=O)NCCOC. The number of ether oxygens (including phenoxy) is 1. The molecule has 0 aliphatic carbocycles. The lowest BCUT2D eigenvalue weighted by molar-refractivity contribution is -0.141. The molecule has 0 radical (unpaired) electrons. The van der Waals surface area contributed by atoms with Crippen molar-refractivity contribution in [3.8, 4) is 0 Å². The fourth-order valence-corrected chi connectivity index (χ4v) is 2.93. The van der Waals surface area contributed by atoms with Crippen molar-refractivity contribution < 1.29 is 14.3 Å². The van der Waals surface area contributed by atoms with Crippen LogP contribution in [-0.2, 0) is 27.3 Å². The highest BCUT2D eigenvalue weighted by molar-refractivity contribution is 5.87. The van der Waals surface area contributed by atoms with Crippen molar-refractivity contribution in [2.24, 2.45) is 0 Å². The van der Waals surface area contributed by atoms with Gasteiger partial charge in [0.2, 0.25) is 11.8 Å².